The van der Waals surface area contributed by atoms with E-state index >= 15 is 0 Å². The third kappa shape index (κ3) is 6.01. The third-order valence-corrected chi connectivity index (χ3v) is 5.52. The molecule has 1 aromatic carbocycles. The van der Waals surface area contributed by atoms with Crippen LogP contribution in [0.2, 0.25) is 0 Å². The van der Waals surface area contributed by atoms with Crippen LogP contribution >= 0.6 is 11.3 Å². The molecule has 2 heterocycles. The summed E-state index contributed by atoms with van der Waals surface area (Å²) in [7, 11) is 0. The molecule has 0 unspecified atom stereocenters. The number of carbonyl (C=O) groups excluding carboxylic acids is 1. The molecule has 7 heteroatoms. The topological polar surface area (TPSA) is 75.5 Å². The van der Waals surface area contributed by atoms with Gasteiger partial charge in [-0.3, -0.25) is 19.8 Å². The predicted octanol–water partition coefficient (Wildman–Crippen LogP) is 3.70. The lowest BCUT2D eigenvalue weighted by Crippen LogP contribution is -2.37. The van der Waals surface area contributed by atoms with Gasteiger partial charge in [-0.25, -0.2) is 0 Å². The lowest BCUT2D eigenvalue weighted by Gasteiger charge is -2.31. The predicted molar refractivity (Wildman–Crippen MR) is 107 cm³/mol. The van der Waals surface area contributed by atoms with E-state index in [9.17, 15) is 14.9 Å². The van der Waals surface area contributed by atoms with Gasteiger partial charge in [-0.1, -0.05) is 0 Å². The van der Waals surface area contributed by atoms with Crippen molar-refractivity contribution in [2.75, 3.05) is 19.6 Å². The number of nitrogens with one attached hydrogen (secondary N) is 1. The van der Waals surface area contributed by atoms with Crippen molar-refractivity contribution in [3.8, 4) is 0 Å². The van der Waals surface area contributed by atoms with E-state index in [1.807, 2.05) is 0 Å². The minimum absolute atomic E-state index is 0.0435. The van der Waals surface area contributed by atoms with Gasteiger partial charge in [0.15, 0.2) is 0 Å². The van der Waals surface area contributed by atoms with Gasteiger partial charge in [-0.15, -0.1) is 0 Å². The Morgan fingerprint density at radius 1 is 1.26 bits per heavy atom. The number of likely N-dealkylation sites (tertiary alicyclic amines) is 1. The second-order valence-corrected chi connectivity index (χ2v) is 7.56. The van der Waals surface area contributed by atoms with Crippen LogP contribution in [0.1, 0.15) is 24.0 Å². The molecule has 2 aromatic rings. The normalized spacial score (nSPS) is 15.9. The van der Waals surface area contributed by atoms with Crippen LogP contribution in [-0.2, 0) is 11.3 Å². The SMILES string of the molecule is O=C(/C=C/c1ccc([N+](=O)[O-])cc1)NCC1CCN(Cc2ccsc2)CC1. The van der Waals surface area contributed by atoms with E-state index in [-0.39, 0.29) is 11.6 Å². The summed E-state index contributed by atoms with van der Waals surface area (Å²) in [4.78, 5) is 24.7. The molecule has 6 nitrogen and oxygen atoms in total. The van der Waals surface area contributed by atoms with E-state index in [4.69, 9.17) is 0 Å². The van der Waals surface area contributed by atoms with Gasteiger partial charge in [-0.05, 0) is 78.0 Å². The summed E-state index contributed by atoms with van der Waals surface area (Å²) >= 11 is 1.73. The van der Waals surface area contributed by atoms with Gasteiger partial charge in [0.2, 0.25) is 5.91 Å². The van der Waals surface area contributed by atoms with Crippen LogP contribution in [0.15, 0.2) is 47.2 Å². The highest BCUT2D eigenvalue weighted by molar-refractivity contribution is 7.07. The van der Waals surface area contributed by atoms with Crippen LogP contribution in [0.5, 0.6) is 0 Å². The molecular weight excluding hydrogens is 362 g/mol. The maximum absolute atomic E-state index is 12.0. The van der Waals surface area contributed by atoms with E-state index in [2.05, 4.69) is 27.0 Å². The number of non-ortho nitro benzene ring substituents is 1. The summed E-state index contributed by atoms with van der Waals surface area (Å²) in [6.45, 7) is 3.83. The van der Waals surface area contributed by atoms with Crippen LogP contribution in [0, 0.1) is 16.0 Å². The number of amides is 1. The number of hydrogen-bond acceptors (Lipinski definition) is 5. The first kappa shape index (κ1) is 19.3. The van der Waals surface area contributed by atoms with Gasteiger partial charge in [0.05, 0.1) is 4.92 Å². The minimum atomic E-state index is -0.439. The molecule has 1 aliphatic heterocycles. The summed E-state index contributed by atoms with van der Waals surface area (Å²) in [5, 5.41) is 17.9. The highest BCUT2D eigenvalue weighted by Crippen LogP contribution is 2.19. The maximum atomic E-state index is 12.0. The van der Waals surface area contributed by atoms with Crippen molar-refractivity contribution >= 4 is 29.0 Å². The molecule has 142 valence electrons. The Labute approximate surface area is 162 Å². The molecular formula is C20H23N3O3S. The molecule has 0 radical (unpaired) electrons. The first-order valence-electron chi connectivity index (χ1n) is 9.04. The Kier molecular flexibility index (Phi) is 6.73. The Morgan fingerprint density at radius 3 is 2.63 bits per heavy atom. The largest absolute Gasteiger partial charge is 0.352 e. The van der Waals surface area contributed by atoms with Crippen LogP contribution < -0.4 is 5.32 Å². The number of piperidine rings is 1. The molecule has 1 fully saturated rings. The fourth-order valence-corrected chi connectivity index (χ4v) is 3.83. The van der Waals surface area contributed by atoms with E-state index < -0.39 is 4.92 Å². The van der Waals surface area contributed by atoms with Crippen LogP contribution in [0.4, 0.5) is 5.69 Å². The molecule has 0 saturated carbocycles. The molecule has 1 aromatic heterocycles. The highest BCUT2D eigenvalue weighted by Gasteiger charge is 2.19. The van der Waals surface area contributed by atoms with Gasteiger partial charge in [0.1, 0.15) is 0 Å². The van der Waals surface area contributed by atoms with Gasteiger partial charge in [0.25, 0.3) is 5.69 Å². The molecule has 0 aliphatic carbocycles. The highest BCUT2D eigenvalue weighted by atomic mass is 32.1. The zero-order chi connectivity index (χ0) is 19.1. The summed E-state index contributed by atoms with van der Waals surface area (Å²) in [6.07, 6.45) is 5.34. The van der Waals surface area contributed by atoms with Gasteiger partial charge in [-0.2, -0.15) is 11.3 Å². The smallest absolute Gasteiger partial charge is 0.269 e. The number of hydrogen-bond donors (Lipinski definition) is 1. The summed E-state index contributed by atoms with van der Waals surface area (Å²) in [6, 6.07) is 8.30. The van der Waals surface area contributed by atoms with E-state index in [0.717, 1.165) is 38.0 Å². The van der Waals surface area contributed by atoms with Crippen molar-refractivity contribution in [3.05, 3.63) is 68.4 Å². The molecule has 0 atom stereocenters. The zero-order valence-corrected chi connectivity index (χ0v) is 15.9. The standard InChI is InChI=1S/C20H23N3O3S/c24-20(6-3-16-1-4-19(5-2-16)23(25)26)21-13-17-7-10-22(11-8-17)14-18-9-12-27-15-18/h1-6,9,12,15,17H,7-8,10-11,13-14H2,(H,21,24)/b6-3+. The minimum Gasteiger partial charge on any atom is -0.352 e. The van der Waals surface area contributed by atoms with Gasteiger partial charge >= 0.3 is 0 Å². The van der Waals surface area contributed by atoms with Crippen molar-refractivity contribution in [1.82, 2.24) is 10.2 Å². The Hall–Kier alpha value is -2.51. The third-order valence-electron chi connectivity index (χ3n) is 4.79. The Balaban J connectivity index is 1.37. The first-order chi connectivity index (χ1) is 13.1. The molecule has 1 amide bonds. The lowest BCUT2D eigenvalue weighted by molar-refractivity contribution is -0.384. The van der Waals surface area contributed by atoms with Crippen molar-refractivity contribution in [1.29, 1.82) is 0 Å². The van der Waals surface area contributed by atoms with Crippen LogP contribution in [0.25, 0.3) is 6.08 Å². The maximum Gasteiger partial charge on any atom is 0.269 e. The number of carbonyl (C=O) groups is 1. The number of rotatable bonds is 7. The molecule has 1 N–H and O–H groups in total. The second kappa shape index (κ2) is 9.43. The van der Waals surface area contributed by atoms with Crippen molar-refractivity contribution in [2.24, 2.45) is 5.92 Å². The average molecular weight is 385 g/mol. The van der Waals surface area contributed by atoms with Crippen LogP contribution in [0.3, 0.4) is 0 Å². The second-order valence-electron chi connectivity index (χ2n) is 6.78. The Bertz CT molecular complexity index is 779. The number of thiophene rings is 1. The monoisotopic (exact) mass is 385 g/mol. The number of benzene rings is 1. The van der Waals surface area contributed by atoms with Gasteiger partial charge in [0, 0.05) is 31.3 Å². The fraction of sp³-hybridized carbons (Fsp3) is 0.350. The molecule has 3 rings (SSSR count). The number of nitrogens with zero attached hydrogens (tertiary/aromatic N) is 2. The molecule has 1 aliphatic rings. The van der Waals surface area contributed by atoms with Crippen LogP contribution in [-0.4, -0.2) is 35.4 Å². The first-order valence-corrected chi connectivity index (χ1v) is 9.98. The Morgan fingerprint density at radius 2 is 2.00 bits per heavy atom. The summed E-state index contributed by atoms with van der Waals surface area (Å²) < 4.78 is 0. The average Bonchev–Trinajstić information content (AvgIpc) is 3.19. The summed E-state index contributed by atoms with van der Waals surface area (Å²) in [5.41, 5.74) is 2.18. The van der Waals surface area contributed by atoms with Gasteiger partial charge < -0.3 is 5.32 Å². The molecule has 1 saturated heterocycles. The summed E-state index contributed by atoms with van der Waals surface area (Å²) in [5.74, 6) is 0.384. The fourth-order valence-electron chi connectivity index (χ4n) is 3.17. The number of nitro groups is 1. The van der Waals surface area contributed by atoms with E-state index in [1.54, 1.807) is 29.5 Å². The lowest BCUT2D eigenvalue weighted by atomic mass is 9.96. The zero-order valence-electron chi connectivity index (χ0n) is 15.0. The van der Waals surface area contributed by atoms with Crippen molar-refractivity contribution in [2.45, 2.75) is 19.4 Å². The van der Waals surface area contributed by atoms with E-state index in [1.165, 1.54) is 23.8 Å². The van der Waals surface area contributed by atoms with E-state index in [0.29, 0.717) is 12.5 Å². The molecule has 0 bridgehead atoms. The molecule has 27 heavy (non-hydrogen) atoms. The van der Waals surface area contributed by atoms with Crippen molar-refractivity contribution < 1.29 is 9.72 Å². The van der Waals surface area contributed by atoms with Crippen molar-refractivity contribution in [3.63, 3.8) is 0 Å². The number of nitro benzene ring substituents is 1. The quantitative estimate of drug-likeness (QED) is 0.448. The molecule has 0 spiro atoms.